The zero-order chi connectivity index (χ0) is 33.1. The van der Waals surface area contributed by atoms with Crippen molar-refractivity contribution >= 4 is 34.3 Å². The van der Waals surface area contributed by atoms with Crippen LogP contribution in [0.4, 0.5) is 0 Å². The molecule has 0 saturated carbocycles. The van der Waals surface area contributed by atoms with Crippen molar-refractivity contribution in [3.63, 3.8) is 0 Å². The summed E-state index contributed by atoms with van der Waals surface area (Å²) in [5.74, 6) is 1.76. The van der Waals surface area contributed by atoms with E-state index >= 15 is 0 Å². The van der Waals surface area contributed by atoms with E-state index in [0.29, 0.717) is 0 Å². The minimum absolute atomic E-state index is 0.401. The zero-order valence-electron chi connectivity index (χ0n) is 28.0. The van der Waals surface area contributed by atoms with Crippen LogP contribution in [0.25, 0.3) is 44.1 Å². The lowest BCUT2D eigenvalue weighted by Gasteiger charge is -2.40. The summed E-state index contributed by atoms with van der Waals surface area (Å²) in [5.41, 5.74) is 9.94. The lowest BCUT2D eigenvalue weighted by atomic mass is 9.65. The molecule has 0 unspecified atom stereocenters. The quantitative estimate of drug-likeness (QED) is 0.140. The summed E-state index contributed by atoms with van der Waals surface area (Å²) in [4.78, 5) is 5.28. The van der Waals surface area contributed by atoms with Crippen molar-refractivity contribution < 1.29 is 14.0 Å². The van der Waals surface area contributed by atoms with Crippen LogP contribution in [0.3, 0.4) is 0 Å². The van der Waals surface area contributed by atoms with Crippen molar-refractivity contribution in [2.24, 2.45) is 0 Å². The number of pyridine rings is 1. The fraction of sp³-hybridized carbons (Fsp3) is 0.159. The summed E-state index contributed by atoms with van der Waals surface area (Å²) in [5, 5.41) is 3.19. The van der Waals surface area contributed by atoms with Gasteiger partial charge in [-0.1, -0.05) is 121 Å². The first-order chi connectivity index (χ1) is 23.8. The van der Waals surface area contributed by atoms with Gasteiger partial charge >= 0.3 is 7.12 Å². The van der Waals surface area contributed by atoms with Gasteiger partial charge in [0.25, 0.3) is 0 Å². The van der Waals surface area contributed by atoms with Crippen molar-refractivity contribution in [3.05, 3.63) is 156 Å². The normalized spacial score (nSPS) is 17.4. The van der Waals surface area contributed by atoms with Gasteiger partial charge < -0.3 is 14.0 Å². The van der Waals surface area contributed by atoms with Gasteiger partial charge in [0.05, 0.1) is 27.8 Å². The number of rotatable bonds is 2. The van der Waals surface area contributed by atoms with Crippen LogP contribution in [0, 0.1) is 0 Å². The van der Waals surface area contributed by atoms with Crippen LogP contribution >= 0.6 is 0 Å². The smallest absolute Gasteiger partial charge is 0.456 e. The third kappa shape index (κ3) is 3.80. The van der Waals surface area contributed by atoms with Crippen molar-refractivity contribution in [1.29, 1.82) is 0 Å². The molecule has 0 atom stereocenters. The molecule has 4 nitrogen and oxygen atoms in total. The molecular formula is C44H34BNO3. The summed E-state index contributed by atoms with van der Waals surface area (Å²) >= 11 is 0. The van der Waals surface area contributed by atoms with Crippen LogP contribution < -0.4 is 10.2 Å². The first kappa shape index (κ1) is 28.8. The molecule has 0 bridgehead atoms. The number of para-hydroxylation sites is 2. The van der Waals surface area contributed by atoms with Gasteiger partial charge in [0.2, 0.25) is 0 Å². The van der Waals surface area contributed by atoms with Gasteiger partial charge in [0.1, 0.15) is 11.5 Å². The van der Waals surface area contributed by atoms with E-state index in [1.54, 1.807) is 0 Å². The summed E-state index contributed by atoms with van der Waals surface area (Å²) in [6, 6.07) is 47.7. The number of nitrogens with zero attached hydrogens (tertiary/aromatic N) is 1. The van der Waals surface area contributed by atoms with Crippen molar-refractivity contribution in [2.75, 3.05) is 0 Å². The number of fused-ring (bicyclic) bond motifs is 13. The Labute approximate surface area is 286 Å². The van der Waals surface area contributed by atoms with Crippen LogP contribution in [0.2, 0.25) is 0 Å². The summed E-state index contributed by atoms with van der Waals surface area (Å²) in [6.07, 6.45) is 0. The van der Waals surface area contributed by atoms with Gasteiger partial charge in [-0.2, -0.15) is 0 Å². The van der Waals surface area contributed by atoms with Crippen molar-refractivity contribution in [2.45, 2.75) is 44.3 Å². The van der Waals surface area contributed by atoms with Crippen molar-refractivity contribution in [1.82, 2.24) is 4.98 Å². The largest absolute Gasteiger partial charge is 0.494 e. The van der Waals surface area contributed by atoms with E-state index in [0.717, 1.165) is 61.0 Å². The SMILES string of the molecule is CC1(C)OB(c2ccc(-c3nc4ccccc4c4c5c(ccc34)C3(c4ccccc4O5)c4ccccc4-c4ccccc43)cc2)OC1(C)C. The van der Waals surface area contributed by atoms with E-state index in [4.69, 9.17) is 19.0 Å². The minimum Gasteiger partial charge on any atom is -0.456 e. The molecule has 0 amide bonds. The Hall–Kier alpha value is -5.23. The highest BCUT2D eigenvalue weighted by Crippen LogP contribution is 2.63. The average Bonchev–Trinajstić information content (AvgIpc) is 3.54. The topological polar surface area (TPSA) is 40.6 Å². The monoisotopic (exact) mass is 635 g/mol. The van der Waals surface area contributed by atoms with E-state index in [-0.39, 0.29) is 0 Å². The molecule has 1 aliphatic carbocycles. The number of aromatic nitrogens is 1. The van der Waals surface area contributed by atoms with Crippen LogP contribution in [0.1, 0.15) is 49.9 Å². The molecule has 6 aromatic carbocycles. The summed E-state index contributed by atoms with van der Waals surface area (Å²) < 4.78 is 19.8. The van der Waals surface area contributed by atoms with Crippen LogP contribution in [0.15, 0.2) is 133 Å². The minimum atomic E-state index is -0.527. The van der Waals surface area contributed by atoms with Crippen LogP contribution in [0.5, 0.6) is 11.5 Å². The van der Waals surface area contributed by atoms with E-state index < -0.39 is 23.7 Å². The molecule has 1 fully saturated rings. The lowest BCUT2D eigenvalue weighted by Crippen LogP contribution is -2.41. The van der Waals surface area contributed by atoms with E-state index in [1.165, 1.54) is 22.3 Å². The number of ether oxygens (including phenoxy) is 1. The van der Waals surface area contributed by atoms with E-state index in [9.17, 15) is 0 Å². The molecular weight excluding hydrogens is 601 g/mol. The van der Waals surface area contributed by atoms with Gasteiger partial charge in [0, 0.05) is 32.8 Å². The first-order valence-corrected chi connectivity index (χ1v) is 17.1. The Kier molecular flexibility index (Phi) is 5.82. The second-order valence-electron chi connectivity index (χ2n) is 14.5. The summed E-state index contributed by atoms with van der Waals surface area (Å²) in [7, 11) is -0.422. The van der Waals surface area contributed by atoms with Gasteiger partial charge in [-0.3, -0.25) is 0 Å². The Bertz CT molecular complexity index is 2440. The highest BCUT2D eigenvalue weighted by Gasteiger charge is 2.52. The molecule has 0 N–H and O–H groups in total. The number of hydrogen-bond acceptors (Lipinski definition) is 4. The second kappa shape index (κ2) is 9.91. The molecule has 5 heteroatoms. The zero-order valence-corrected chi connectivity index (χ0v) is 28.0. The predicted octanol–water partition coefficient (Wildman–Crippen LogP) is 9.82. The van der Waals surface area contributed by atoms with Gasteiger partial charge in [0.15, 0.2) is 0 Å². The van der Waals surface area contributed by atoms with E-state index in [1.807, 2.05) is 0 Å². The Morgan fingerprint density at radius 1 is 0.531 bits per heavy atom. The molecule has 49 heavy (non-hydrogen) atoms. The maximum Gasteiger partial charge on any atom is 0.494 e. The van der Waals surface area contributed by atoms with Crippen LogP contribution in [-0.2, 0) is 14.7 Å². The van der Waals surface area contributed by atoms with Gasteiger partial charge in [-0.25, -0.2) is 4.98 Å². The molecule has 3 heterocycles. The molecule has 236 valence electrons. The standard InChI is InChI=1S/C44H34BNO3/c1-42(2)43(3,4)49-45(48-42)28-23-21-27(22-24-28)40-32-25-26-36-41(39(32)31-15-7-11-19-37(31)46-40)47-38-20-12-10-18-35(38)44(36)33-16-8-5-13-29(33)30-14-6-9-17-34(30)44/h5-26H,1-4H3. The fourth-order valence-electron chi connectivity index (χ4n) is 8.35. The molecule has 10 rings (SSSR count). The predicted molar refractivity (Wildman–Crippen MR) is 198 cm³/mol. The Balaban J connectivity index is 1.23. The number of benzene rings is 6. The average molecular weight is 636 g/mol. The lowest BCUT2D eigenvalue weighted by molar-refractivity contribution is 0.00578. The Morgan fingerprint density at radius 3 is 1.82 bits per heavy atom. The number of hydrogen-bond donors (Lipinski definition) is 0. The highest BCUT2D eigenvalue weighted by molar-refractivity contribution is 6.62. The maximum atomic E-state index is 7.07. The molecule has 7 aromatic rings. The molecule has 3 aliphatic rings. The third-order valence-electron chi connectivity index (χ3n) is 11.4. The van der Waals surface area contributed by atoms with Gasteiger partial charge in [-0.05, 0) is 67.5 Å². The third-order valence-corrected chi connectivity index (χ3v) is 11.4. The molecule has 1 aromatic heterocycles. The molecule has 1 spiro atoms. The van der Waals surface area contributed by atoms with Gasteiger partial charge in [-0.15, -0.1) is 0 Å². The van der Waals surface area contributed by atoms with Crippen LogP contribution in [-0.4, -0.2) is 23.3 Å². The first-order valence-electron chi connectivity index (χ1n) is 17.1. The van der Waals surface area contributed by atoms with Crippen molar-refractivity contribution in [3.8, 4) is 33.9 Å². The second-order valence-corrected chi connectivity index (χ2v) is 14.5. The molecule has 1 saturated heterocycles. The Morgan fingerprint density at radius 2 is 1.12 bits per heavy atom. The maximum absolute atomic E-state index is 7.07. The molecule has 0 radical (unpaired) electrons. The molecule has 2 aliphatic heterocycles. The van der Waals surface area contributed by atoms with E-state index in [2.05, 4.69) is 161 Å². The summed E-state index contributed by atoms with van der Waals surface area (Å²) in [6.45, 7) is 8.34. The fourth-order valence-corrected chi connectivity index (χ4v) is 8.35. The highest BCUT2D eigenvalue weighted by atomic mass is 16.7.